The minimum Gasteiger partial charge on any atom is -0.481 e. The quantitative estimate of drug-likeness (QED) is 0.0549. The summed E-state index contributed by atoms with van der Waals surface area (Å²) in [6.07, 6.45) is 6.59. The molecule has 10 aromatic rings. The Morgan fingerprint density at radius 1 is 0.610 bits per heavy atom. The van der Waals surface area contributed by atoms with Gasteiger partial charge in [0, 0.05) is 47.0 Å². The Morgan fingerprint density at radius 2 is 1.07 bits per heavy atom. The van der Waals surface area contributed by atoms with E-state index in [1.165, 1.54) is 18.6 Å². The van der Waals surface area contributed by atoms with E-state index in [4.69, 9.17) is 111 Å². The molecule has 0 unspecified atom stereocenters. The van der Waals surface area contributed by atoms with Crippen LogP contribution in [0.1, 0.15) is 33.8 Å². The van der Waals surface area contributed by atoms with Crippen LogP contribution in [0.3, 0.4) is 0 Å². The summed E-state index contributed by atoms with van der Waals surface area (Å²) in [5.41, 5.74) is 13.8. The van der Waals surface area contributed by atoms with E-state index in [0.717, 1.165) is 44.8 Å². The summed E-state index contributed by atoms with van der Waals surface area (Å²) < 4.78 is 20.3. The first kappa shape index (κ1) is 64.0. The van der Waals surface area contributed by atoms with Crippen LogP contribution >= 0.6 is 81.2 Å². The van der Waals surface area contributed by atoms with Crippen LogP contribution in [0.5, 0.6) is 17.6 Å². The predicted octanol–water partition coefficient (Wildman–Crippen LogP) is 9.16. The van der Waals surface area contributed by atoms with Crippen LogP contribution in [0.4, 0.5) is 11.9 Å². The molecule has 32 heteroatoms. The van der Waals surface area contributed by atoms with E-state index in [9.17, 15) is 4.79 Å². The number of nitrogens with one attached hydrogen (secondary N) is 3. The van der Waals surface area contributed by atoms with Crippen molar-refractivity contribution >= 4 is 140 Å². The first-order valence-electron chi connectivity index (χ1n) is 23.9. The third kappa shape index (κ3) is 17.4. The van der Waals surface area contributed by atoms with Crippen LogP contribution in [-0.2, 0) is 47.3 Å². The van der Waals surface area contributed by atoms with E-state index in [1.54, 1.807) is 98.9 Å². The van der Waals surface area contributed by atoms with Crippen molar-refractivity contribution < 1.29 is 24.3 Å². The molecule has 3 aromatic carbocycles. The normalized spacial score (nSPS) is 10.9. The van der Waals surface area contributed by atoms with Crippen molar-refractivity contribution in [2.75, 3.05) is 32.0 Å². The maximum atomic E-state index is 12.0. The number of nitrogens with two attached hydrogens (primary N) is 1. The number of aromatic nitrogens is 14. The number of aromatic amines is 1. The first-order chi connectivity index (χ1) is 39.1. The lowest BCUT2D eigenvalue weighted by molar-refractivity contribution is 0.390. The Bertz CT molecular complexity index is 3900. The highest BCUT2D eigenvalue weighted by Gasteiger charge is 2.16. The van der Waals surface area contributed by atoms with Crippen LogP contribution in [0, 0.1) is 6.92 Å². The van der Waals surface area contributed by atoms with Gasteiger partial charge in [-0.15, -0.1) is 0 Å². The first-order valence-corrected chi connectivity index (χ1v) is 26.6. The number of methoxy groups -OCH3 is 3. The fraction of sp³-hybridized carbons (Fsp3) is 0.240. The van der Waals surface area contributed by atoms with Crippen molar-refractivity contribution in [1.82, 2.24) is 69.2 Å². The molecule has 24 nitrogen and oxygen atoms in total. The number of aliphatic imine (C=N–C) groups is 1. The van der Waals surface area contributed by atoms with Gasteiger partial charge in [0.05, 0.1) is 87.9 Å². The second-order valence-corrected chi connectivity index (χ2v) is 19.7. The smallest absolute Gasteiger partial charge is 0.448 e. The second kappa shape index (κ2) is 30.2. The fourth-order valence-electron chi connectivity index (χ4n) is 7.17. The van der Waals surface area contributed by atoms with E-state index in [0.29, 0.717) is 108 Å². The van der Waals surface area contributed by atoms with Crippen molar-refractivity contribution in [2.24, 2.45) is 31.9 Å². The monoisotopic (exact) mass is 1260 g/mol. The minimum absolute atomic E-state index is 0.164. The van der Waals surface area contributed by atoms with E-state index in [1.807, 2.05) is 32.2 Å². The molecule has 0 fully saturated rings. The fourth-order valence-corrected chi connectivity index (χ4v) is 8.30. The zero-order valence-corrected chi connectivity index (χ0v) is 50.2. The predicted molar refractivity (Wildman–Crippen MR) is 322 cm³/mol. The molecule has 0 radical (unpaired) electrons. The summed E-state index contributed by atoms with van der Waals surface area (Å²) in [6.45, 7) is 5.24. The highest BCUT2D eigenvalue weighted by molar-refractivity contribution is 6.43. The van der Waals surface area contributed by atoms with Crippen molar-refractivity contribution in [3.8, 4) is 17.6 Å². The number of benzene rings is 3. The third-order valence-corrected chi connectivity index (χ3v) is 13.3. The maximum Gasteiger partial charge on any atom is 0.448 e. The lowest BCUT2D eigenvalue weighted by Gasteiger charge is -2.08. The zero-order valence-electron chi connectivity index (χ0n) is 44.9. The molecule has 1 aliphatic heterocycles. The van der Waals surface area contributed by atoms with E-state index in [2.05, 4.69) is 70.8 Å². The number of H-pyrrole nitrogens is 1. The van der Waals surface area contributed by atoms with E-state index in [-0.39, 0.29) is 10.8 Å². The largest absolute Gasteiger partial charge is 0.481 e. The lowest BCUT2D eigenvalue weighted by atomic mass is 9.99. The number of fused-ring (bicyclic) bond motifs is 4. The standard InChI is InChI=1S/C14H13Cl2N5O.C13H11Cl2N5O.C8H9N3O.C7H7Cl2N.C7H7ClN4O.CH5BO2/c1-21-12-11(7-18-21)19-14(20-13(12)22-2)17-6-8-3-4-9(15)10(16)5-8;1-20-11-10(6-17-20)18-13(19-12(11)21)16-5-7-2-3-8(14)9(15)4-7;1-5-10-7-4-9-3-6(7)8(11-5)12-2;8-6-2-1-5(4-10)3-7(6)9;1-12-5-4(3-9-12)10-7(8)11-6(5)13-2;1-2(3)4/h3-5,7H,6H2,1-2H3,(H,17,19,20);2-4,6H,5H2,1H3,(H2,16,18,19,21);4H,3H2,1-2H3;1-3H,4,10H2;3H,1-2H3;3-4H,1H3. The van der Waals surface area contributed by atoms with Gasteiger partial charge in [-0.2, -0.15) is 30.2 Å². The number of ether oxygens (including phenoxy) is 3. The molecular formula is C50H52BCl7N18O6. The van der Waals surface area contributed by atoms with Crippen LogP contribution in [0.25, 0.3) is 33.1 Å². The van der Waals surface area contributed by atoms with Crippen LogP contribution in [-0.4, -0.2) is 114 Å². The minimum atomic E-state index is -1.17. The number of hydrogen-bond donors (Lipinski definition) is 6. The molecule has 82 heavy (non-hydrogen) atoms. The van der Waals surface area contributed by atoms with E-state index < -0.39 is 7.12 Å². The van der Waals surface area contributed by atoms with Crippen LogP contribution in [0.15, 0.2) is 83.0 Å². The number of hydrogen-bond acceptors (Lipinski definition) is 20. The molecule has 0 amide bonds. The molecule has 0 bridgehead atoms. The van der Waals surface area contributed by atoms with Crippen LogP contribution in [0.2, 0.25) is 42.2 Å². The molecule has 0 atom stereocenters. The summed E-state index contributed by atoms with van der Waals surface area (Å²) in [4.78, 5) is 48.1. The summed E-state index contributed by atoms with van der Waals surface area (Å²) >= 11 is 40.8. The van der Waals surface area contributed by atoms with Gasteiger partial charge in [0.25, 0.3) is 5.56 Å². The zero-order chi connectivity index (χ0) is 59.8. The number of rotatable bonds is 10. The molecule has 0 spiro atoms. The molecule has 0 saturated heterocycles. The molecular weight excluding hydrogens is 1210 g/mol. The highest BCUT2D eigenvalue weighted by Crippen LogP contribution is 2.28. The molecule has 7 aromatic heterocycles. The van der Waals surface area contributed by atoms with Gasteiger partial charge in [0.2, 0.25) is 34.8 Å². The second-order valence-electron chi connectivity index (χ2n) is 16.9. The van der Waals surface area contributed by atoms with E-state index >= 15 is 0 Å². The average molecular weight is 1260 g/mol. The Kier molecular flexibility index (Phi) is 23.6. The molecule has 11 rings (SSSR count). The molecule has 7 N–H and O–H groups in total. The van der Waals surface area contributed by atoms with Gasteiger partial charge in [0.1, 0.15) is 33.4 Å². The summed E-state index contributed by atoms with van der Waals surface area (Å²) in [5.74, 6) is 3.13. The van der Waals surface area contributed by atoms with Crippen molar-refractivity contribution in [1.29, 1.82) is 0 Å². The number of anilines is 2. The van der Waals surface area contributed by atoms with Crippen LogP contribution < -0.4 is 36.1 Å². The molecule has 8 heterocycles. The van der Waals surface area contributed by atoms with Gasteiger partial charge >= 0.3 is 7.12 Å². The SMILES string of the molecule is CB(O)O.COc1nc(C)nc2c1CN=C2.COc1nc(Cl)nc2cnn(C)c12.COc1nc(NCc2ccc(Cl)c(Cl)c2)nc2cnn(C)c12.Cn1ncc2nc(NCc3ccc(Cl)c(Cl)c3)[nH]c(=O)c21.NCc1ccc(Cl)c(Cl)c1. The maximum absolute atomic E-state index is 12.0. The third-order valence-electron chi connectivity index (χ3n) is 10.9. The Balaban J connectivity index is 0.000000167. The van der Waals surface area contributed by atoms with Gasteiger partial charge in [-0.1, -0.05) is 87.8 Å². The average Bonchev–Trinajstić information content (AvgIpc) is 4.44. The molecule has 0 aliphatic carbocycles. The summed E-state index contributed by atoms with van der Waals surface area (Å²) in [5, 5.41) is 36.9. The van der Waals surface area contributed by atoms with Crippen molar-refractivity contribution in [3.63, 3.8) is 0 Å². The lowest BCUT2D eigenvalue weighted by Crippen LogP contribution is -2.15. The highest BCUT2D eigenvalue weighted by atomic mass is 35.5. The Labute approximate surface area is 504 Å². The number of aryl methyl sites for hydroxylation is 4. The van der Waals surface area contributed by atoms with Gasteiger partial charge in [-0.05, 0) is 78.4 Å². The molecule has 0 saturated carbocycles. The van der Waals surface area contributed by atoms with Crippen molar-refractivity contribution in [2.45, 2.75) is 39.9 Å². The van der Waals surface area contributed by atoms with Gasteiger partial charge in [-0.25, -0.2) is 19.9 Å². The van der Waals surface area contributed by atoms with Gasteiger partial charge < -0.3 is 40.6 Å². The van der Waals surface area contributed by atoms with Crippen molar-refractivity contribution in [3.05, 3.63) is 153 Å². The molecule has 430 valence electrons. The van der Waals surface area contributed by atoms with Gasteiger partial charge in [0.15, 0.2) is 5.52 Å². The Hall–Kier alpha value is -7.17. The molecule has 1 aliphatic rings. The topological polar surface area (TPSA) is 307 Å². The summed E-state index contributed by atoms with van der Waals surface area (Å²) in [6, 6.07) is 16.1. The number of nitrogens with zero attached hydrogens (tertiary/aromatic N) is 14. The summed E-state index contributed by atoms with van der Waals surface area (Å²) in [7, 11) is 8.85. The number of halogens is 7. The van der Waals surface area contributed by atoms with Gasteiger partial charge in [-0.3, -0.25) is 28.8 Å². The Morgan fingerprint density at radius 3 is 1.59 bits per heavy atom.